The first-order valence-electron chi connectivity index (χ1n) is 10.1. The molecule has 0 fully saturated rings. The highest BCUT2D eigenvalue weighted by molar-refractivity contribution is 5.86. The highest BCUT2D eigenvalue weighted by atomic mass is 35.5. The van der Waals surface area contributed by atoms with Crippen molar-refractivity contribution in [1.29, 1.82) is 0 Å². The van der Waals surface area contributed by atoms with Crippen molar-refractivity contribution in [2.75, 3.05) is 7.11 Å². The fourth-order valence-corrected chi connectivity index (χ4v) is 3.59. The standard InChI is InChI=1S/C26H26N2O2.ClH/c1-19(23-9-5-7-22-6-3-4-8-24(22)23)28-17-21-10-11-25(26(16-21)29-2)30-18-20-12-14-27-15-13-20;/h3-16,19,28H,17-18H2,1-2H3;1H. The first-order chi connectivity index (χ1) is 14.7. The Morgan fingerprint density at radius 2 is 1.65 bits per heavy atom. The molecule has 0 saturated carbocycles. The second kappa shape index (κ2) is 10.8. The quantitative estimate of drug-likeness (QED) is 0.364. The van der Waals surface area contributed by atoms with Crippen molar-refractivity contribution < 1.29 is 9.47 Å². The van der Waals surface area contributed by atoms with Gasteiger partial charge in [-0.15, -0.1) is 12.4 Å². The Morgan fingerprint density at radius 1 is 0.871 bits per heavy atom. The zero-order valence-corrected chi connectivity index (χ0v) is 18.6. The van der Waals surface area contributed by atoms with Crippen LogP contribution in [0, 0.1) is 0 Å². The zero-order chi connectivity index (χ0) is 20.8. The van der Waals surface area contributed by atoms with Gasteiger partial charge in [-0.3, -0.25) is 4.98 Å². The number of benzene rings is 3. The van der Waals surface area contributed by atoms with Gasteiger partial charge in [0.25, 0.3) is 0 Å². The van der Waals surface area contributed by atoms with E-state index in [9.17, 15) is 0 Å². The summed E-state index contributed by atoms with van der Waals surface area (Å²) in [5, 5.41) is 6.19. The molecule has 4 rings (SSSR count). The smallest absolute Gasteiger partial charge is 0.161 e. The third-order valence-corrected chi connectivity index (χ3v) is 5.27. The zero-order valence-electron chi connectivity index (χ0n) is 17.7. The average Bonchev–Trinajstić information content (AvgIpc) is 2.81. The van der Waals surface area contributed by atoms with Gasteiger partial charge in [0.05, 0.1) is 7.11 Å². The van der Waals surface area contributed by atoms with Crippen LogP contribution in [0.15, 0.2) is 85.2 Å². The lowest BCUT2D eigenvalue weighted by Gasteiger charge is -2.18. The van der Waals surface area contributed by atoms with E-state index >= 15 is 0 Å². The lowest BCUT2D eigenvalue weighted by molar-refractivity contribution is 0.284. The summed E-state index contributed by atoms with van der Waals surface area (Å²) in [6, 6.07) is 25.2. The maximum Gasteiger partial charge on any atom is 0.161 e. The van der Waals surface area contributed by atoms with E-state index in [1.54, 1.807) is 19.5 Å². The molecule has 0 spiro atoms. The number of nitrogens with zero attached hydrogens (tertiary/aromatic N) is 1. The molecule has 1 N–H and O–H groups in total. The summed E-state index contributed by atoms with van der Waals surface area (Å²) in [6.07, 6.45) is 3.53. The minimum absolute atomic E-state index is 0. The highest BCUT2D eigenvalue weighted by Crippen LogP contribution is 2.29. The summed E-state index contributed by atoms with van der Waals surface area (Å²) in [4.78, 5) is 4.03. The van der Waals surface area contributed by atoms with Gasteiger partial charge in [0.15, 0.2) is 11.5 Å². The van der Waals surface area contributed by atoms with E-state index in [1.165, 1.54) is 16.3 Å². The molecule has 0 amide bonds. The summed E-state index contributed by atoms with van der Waals surface area (Å²) in [5.41, 5.74) is 3.52. The van der Waals surface area contributed by atoms with E-state index in [2.05, 4.69) is 65.8 Å². The monoisotopic (exact) mass is 434 g/mol. The Hall–Kier alpha value is -3.08. The van der Waals surface area contributed by atoms with E-state index in [-0.39, 0.29) is 18.4 Å². The Bertz CT molecular complexity index is 1110. The number of nitrogens with one attached hydrogen (secondary N) is 1. The molecule has 0 bridgehead atoms. The van der Waals surface area contributed by atoms with Crippen molar-refractivity contribution in [1.82, 2.24) is 10.3 Å². The third kappa shape index (κ3) is 5.54. The number of rotatable bonds is 8. The molecule has 5 heteroatoms. The molecule has 1 atom stereocenters. The lowest BCUT2D eigenvalue weighted by Crippen LogP contribution is -2.18. The molecule has 3 aromatic carbocycles. The van der Waals surface area contributed by atoms with Crippen LogP contribution in [0.4, 0.5) is 0 Å². The summed E-state index contributed by atoms with van der Waals surface area (Å²) >= 11 is 0. The molecule has 1 unspecified atom stereocenters. The van der Waals surface area contributed by atoms with Crippen molar-refractivity contribution in [2.45, 2.75) is 26.1 Å². The molecule has 0 aliphatic heterocycles. The maximum atomic E-state index is 5.94. The van der Waals surface area contributed by atoms with Gasteiger partial charge >= 0.3 is 0 Å². The molecule has 31 heavy (non-hydrogen) atoms. The SMILES string of the molecule is COc1cc(CNC(C)c2cccc3ccccc23)ccc1OCc1ccncc1.Cl. The normalized spacial score (nSPS) is 11.5. The van der Waals surface area contributed by atoms with Crippen LogP contribution in [-0.2, 0) is 13.2 Å². The molecular weight excluding hydrogens is 408 g/mol. The predicted octanol–water partition coefficient (Wildman–Crippen LogP) is 6.10. The van der Waals surface area contributed by atoms with Crippen molar-refractivity contribution >= 4 is 23.2 Å². The maximum absolute atomic E-state index is 5.94. The van der Waals surface area contributed by atoms with Gasteiger partial charge in [0, 0.05) is 25.0 Å². The van der Waals surface area contributed by atoms with Gasteiger partial charge in [0.2, 0.25) is 0 Å². The molecule has 4 nitrogen and oxygen atoms in total. The van der Waals surface area contributed by atoms with Crippen LogP contribution in [0.5, 0.6) is 11.5 Å². The third-order valence-electron chi connectivity index (χ3n) is 5.27. The van der Waals surface area contributed by atoms with Gasteiger partial charge in [-0.1, -0.05) is 48.5 Å². The Morgan fingerprint density at radius 3 is 2.45 bits per heavy atom. The van der Waals surface area contributed by atoms with Crippen molar-refractivity contribution in [3.63, 3.8) is 0 Å². The molecule has 4 aromatic rings. The largest absolute Gasteiger partial charge is 0.493 e. The number of halogens is 1. The minimum atomic E-state index is 0. The molecule has 0 radical (unpaired) electrons. The van der Waals surface area contributed by atoms with Crippen LogP contribution in [0.25, 0.3) is 10.8 Å². The predicted molar refractivity (Wildman–Crippen MR) is 128 cm³/mol. The van der Waals surface area contributed by atoms with Crippen molar-refractivity contribution in [3.05, 3.63) is 102 Å². The van der Waals surface area contributed by atoms with Crippen molar-refractivity contribution in [3.8, 4) is 11.5 Å². The van der Waals surface area contributed by atoms with E-state index in [4.69, 9.17) is 9.47 Å². The Balaban J connectivity index is 0.00000272. The second-order valence-electron chi connectivity index (χ2n) is 7.30. The number of pyridine rings is 1. The van der Waals surface area contributed by atoms with Gasteiger partial charge < -0.3 is 14.8 Å². The van der Waals surface area contributed by atoms with Gasteiger partial charge in [-0.05, 0) is 58.7 Å². The number of fused-ring (bicyclic) bond motifs is 1. The molecule has 0 saturated heterocycles. The molecule has 0 aliphatic rings. The van der Waals surface area contributed by atoms with E-state index < -0.39 is 0 Å². The average molecular weight is 435 g/mol. The van der Waals surface area contributed by atoms with Crippen molar-refractivity contribution in [2.24, 2.45) is 0 Å². The first-order valence-corrected chi connectivity index (χ1v) is 10.1. The summed E-state index contributed by atoms with van der Waals surface area (Å²) in [5.74, 6) is 1.47. The fourth-order valence-electron chi connectivity index (χ4n) is 3.59. The lowest BCUT2D eigenvalue weighted by atomic mass is 9.99. The van der Waals surface area contributed by atoms with E-state index in [0.29, 0.717) is 6.61 Å². The number of hydrogen-bond donors (Lipinski definition) is 1. The van der Waals surface area contributed by atoms with E-state index in [1.807, 2.05) is 24.3 Å². The molecule has 1 aromatic heterocycles. The van der Waals surface area contributed by atoms with Crippen LogP contribution in [0.2, 0.25) is 0 Å². The Labute approximate surface area is 189 Å². The number of methoxy groups -OCH3 is 1. The topological polar surface area (TPSA) is 43.4 Å². The van der Waals surface area contributed by atoms with Crippen LogP contribution in [0.1, 0.15) is 29.7 Å². The van der Waals surface area contributed by atoms with Crippen LogP contribution in [0.3, 0.4) is 0 Å². The van der Waals surface area contributed by atoms with Crippen LogP contribution >= 0.6 is 12.4 Å². The van der Waals surface area contributed by atoms with Gasteiger partial charge in [-0.2, -0.15) is 0 Å². The van der Waals surface area contributed by atoms with Crippen LogP contribution < -0.4 is 14.8 Å². The number of aromatic nitrogens is 1. The molecule has 1 heterocycles. The van der Waals surface area contributed by atoms with Gasteiger partial charge in [-0.25, -0.2) is 0 Å². The minimum Gasteiger partial charge on any atom is -0.493 e. The molecule has 160 valence electrons. The number of ether oxygens (including phenoxy) is 2. The first kappa shape index (κ1) is 22.6. The van der Waals surface area contributed by atoms with Crippen LogP contribution in [-0.4, -0.2) is 12.1 Å². The number of hydrogen-bond acceptors (Lipinski definition) is 4. The Kier molecular flexibility index (Phi) is 7.88. The van der Waals surface area contributed by atoms with E-state index in [0.717, 1.165) is 29.2 Å². The summed E-state index contributed by atoms with van der Waals surface area (Å²) in [6.45, 7) is 3.42. The van der Waals surface area contributed by atoms with Gasteiger partial charge in [0.1, 0.15) is 6.61 Å². The summed E-state index contributed by atoms with van der Waals surface area (Å²) < 4.78 is 11.5. The highest BCUT2D eigenvalue weighted by Gasteiger charge is 2.11. The summed E-state index contributed by atoms with van der Waals surface area (Å²) in [7, 11) is 1.67. The fraction of sp³-hybridized carbons (Fsp3) is 0.192. The molecule has 0 aliphatic carbocycles. The second-order valence-corrected chi connectivity index (χ2v) is 7.30. The molecular formula is C26H27ClN2O2.